The van der Waals surface area contributed by atoms with Gasteiger partial charge in [0, 0.05) is 31.7 Å². The minimum Gasteiger partial charge on any atom is -0.497 e. The third-order valence-corrected chi connectivity index (χ3v) is 4.11. The van der Waals surface area contributed by atoms with E-state index in [4.69, 9.17) is 10.5 Å². The van der Waals surface area contributed by atoms with Crippen LogP contribution < -0.4 is 10.5 Å². The molecule has 21 heavy (non-hydrogen) atoms. The van der Waals surface area contributed by atoms with Crippen molar-refractivity contribution in [3.8, 4) is 5.75 Å². The molecule has 1 aromatic carbocycles. The van der Waals surface area contributed by atoms with E-state index in [9.17, 15) is 5.11 Å². The molecule has 1 saturated heterocycles. The second-order valence-electron chi connectivity index (χ2n) is 6.03. The van der Waals surface area contributed by atoms with E-state index in [0.29, 0.717) is 19.1 Å². The Hall–Kier alpha value is -1.14. The van der Waals surface area contributed by atoms with E-state index in [2.05, 4.69) is 30.0 Å². The Kier molecular flexibility index (Phi) is 5.58. The number of nitrogens with two attached hydrogens (primary N) is 1. The van der Waals surface area contributed by atoms with Crippen molar-refractivity contribution in [2.75, 3.05) is 40.8 Å². The summed E-state index contributed by atoms with van der Waals surface area (Å²) in [6.45, 7) is 2.14. The lowest BCUT2D eigenvalue weighted by Crippen LogP contribution is -2.42. The maximum absolute atomic E-state index is 10.0. The molecule has 3 unspecified atom stereocenters. The zero-order valence-corrected chi connectivity index (χ0v) is 13.2. The molecule has 0 aromatic heterocycles. The summed E-state index contributed by atoms with van der Waals surface area (Å²) < 4.78 is 5.31. The van der Waals surface area contributed by atoms with Crippen molar-refractivity contribution in [2.45, 2.75) is 24.6 Å². The predicted octanol–water partition coefficient (Wildman–Crippen LogP) is 0.692. The average Bonchev–Trinajstić information content (AvgIpc) is 2.80. The maximum Gasteiger partial charge on any atom is 0.119 e. The van der Waals surface area contributed by atoms with Gasteiger partial charge in [0.05, 0.1) is 13.2 Å². The SMILES string of the molecule is COc1cccc(C(CN)N2CC(O)CC2CN(C)C)c1. The molecular weight excluding hydrogens is 266 g/mol. The molecule has 3 atom stereocenters. The first-order valence-corrected chi connectivity index (χ1v) is 7.47. The Morgan fingerprint density at radius 1 is 1.48 bits per heavy atom. The molecule has 3 N–H and O–H groups in total. The highest BCUT2D eigenvalue weighted by Gasteiger charge is 2.35. The number of nitrogens with zero attached hydrogens (tertiary/aromatic N) is 2. The van der Waals surface area contributed by atoms with Crippen LogP contribution in [0.2, 0.25) is 0 Å². The molecule has 0 radical (unpaired) electrons. The number of benzene rings is 1. The molecule has 0 saturated carbocycles. The van der Waals surface area contributed by atoms with E-state index < -0.39 is 0 Å². The van der Waals surface area contributed by atoms with Crippen LogP contribution in [0.25, 0.3) is 0 Å². The Labute approximate surface area is 127 Å². The largest absolute Gasteiger partial charge is 0.497 e. The molecule has 5 heteroatoms. The van der Waals surface area contributed by atoms with Crippen LogP contribution in [0.15, 0.2) is 24.3 Å². The summed E-state index contributed by atoms with van der Waals surface area (Å²) in [6, 6.07) is 8.49. The van der Waals surface area contributed by atoms with E-state index in [1.807, 2.05) is 18.2 Å². The van der Waals surface area contributed by atoms with Crippen molar-refractivity contribution in [2.24, 2.45) is 5.73 Å². The van der Waals surface area contributed by atoms with Crippen LogP contribution in [-0.4, -0.2) is 67.9 Å². The zero-order chi connectivity index (χ0) is 15.4. The third-order valence-electron chi connectivity index (χ3n) is 4.11. The van der Waals surface area contributed by atoms with Crippen molar-refractivity contribution in [1.82, 2.24) is 9.80 Å². The fourth-order valence-electron chi connectivity index (χ4n) is 3.21. The number of likely N-dealkylation sites (N-methyl/N-ethyl adjacent to an activating group) is 1. The first kappa shape index (κ1) is 16.2. The molecule has 1 heterocycles. The first-order chi connectivity index (χ1) is 10.0. The minimum atomic E-state index is -0.269. The van der Waals surface area contributed by atoms with Gasteiger partial charge in [-0.05, 0) is 38.2 Å². The number of methoxy groups -OCH3 is 1. The van der Waals surface area contributed by atoms with Gasteiger partial charge in [-0.3, -0.25) is 4.90 Å². The number of likely N-dealkylation sites (tertiary alicyclic amines) is 1. The summed E-state index contributed by atoms with van der Waals surface area (Å²) in [4.78, 5) is 4.49. The van der Waals surface area contributed by atoms with Gasteiger partial charge in [0.1, 0.15) is 5.75 Å². The van der Waals surface area contributed by atoms with Crippen molar-refractivity contribution < 1.29 is 9.84 Å². The summed E-state index contributed by atoms with van der Waals surface area (Å²) in [7, 11) is 5.79. The number of aliphatic hydroxyl groups is 1. The summed E-state index contributed by atoms with van der Waals surface area (Å²) in [6.07, 6.45) is 0.535. The molecule has 1 fully saturated rings. The molecule has 0 amide bonds. The highest BCUT2D eigenvalue weighted by atomic mass is 16.5. The lowest BCUT2D eigenvalue weighted by molar-refractivity contribution is 0.139. The van der Waals surface area contributed by atoms with Crippen LogP contribution >= 0.6 is 0 Å². The normalized spacial score (nSPS) is 24.5. The summed E-state index contributed by atoms with van der Waals surface area (Å²) in [5.41, 5.74) is 7.18. The van der Waals surface area contributed by atoms with E-state index in [-0.39, 0.29) is 12.1 Å². The van der Waals surface area contributed by atoms with Crippen LogP contribution in [-0.2, 0) is 0 Å². The van der Waals surface area contributed by atoms with Gasteiger partial charge in [-0.25, -0.2) is 0 Å². The lowest BCUT2D eigenvalue weighted by atomic mass is 10.0. The van der Waals surface area contributed by atoms with Gasteiger partial charge >= 0.3 is 0 Å². The average molecular weight is 293 g/mol. The Morgan fingerprint density at radius 3 is 2.86 bits per heavy atom. The molecule has 0 spiro atoms. The standard InChI is InChI=1S/C16H27N3O2/c1-18(2)10-13-8-14(20)11-19(13)16(9-17)12-5-4-6-15(7-12)21-3/h4-7,13-14,16,20H,8-11,17H2,1-3H3. The highest BCUT2D eigenvalue weighted by Crippen LogP contribution is 2.30. The van der Waals surface area contributed by atoms with Gasteiger partial charge in [-0.15, -0.1) is 0 Å². The second kappa shape index (κ2) is 7.22. The van der Waals surface area contributed by atoms with Gasteiger partial charge in [0.15, 0.2) is 0 Å². The lowest BCUT2D eigenvalue weighted by Gasteiger charge is -2.34. The predicted molar refractivity (Wildman–Crippen MR) is 84.5 cm³/mol. The quantitative estimate of drug-likeness (QED) is 0.808. The summed E-state index contributed by atoms with van der Waals surface area (Å²) >= 11 is 0. The fourth-order valence-corrected chi connectivity index (χ4v) is 3.21. The molecule has 0 aliphatic carbocycles. The summed E-state index contributed by atoms with van der Waals surface area (Å²) in [5.74, 6) is 0.842. The third kappa shape index (κ3) is 3.95. The molecule has 0 bridgehead atoms. The number of β-amino-alcohol motifs (C(OH)–C–C–N with tert-alkyl or cyclic N) is 1. The van der Waals surface area contributed by atoms with Crippen molar-refractivity contribution in [3.05, 3.63) is 29.8 Å². The van der Waals surface area contributed by atoms with Crippen LogP contribution in [0.3, 0.4) is 0 Å². The van der Waals surface area contributed by atoms with Crippen LogP contribution in [0.5, 0.6) is 5.75 Å². The monoisotopic (exact) mass is 293 g/mol. The number of ether oxygens (including phenoxy) is 1. The smallest absolute Gasteiger partial charge is 0.119 e. The maximum atomic E-state index is 10.0. The minimum absolute atomic E-state index is 0.113. The van der Waals surface area contributed by atoms with Gasteiger partial charge in [-0.2, -0.15) is 0 Å². The Balaban J connectivity index is 2.21. The van der Waals surface area contributed by atoms with Crippen molar-refractivity contribution >= 4 is 0 Å². The fraction of sp³-hybridized carbons (Fsp3) is 0.625. The van der Waals surface area contributed by atoms with E-state index >= 15 is 0 Å². The van der Waals surface area contributed by atoms with E-state index in [1.165, 1.54) is 0 Å². The highest BCUT2D eigenvalue weighted by molar-refractivity contribution is 5.31. The molecule has 1 aliphatic rings. The summed E-state index contributed by atoms with van der Waals surface area (Å²) in [5, 5.41) is 10.0. The molecule has 5 nitrogen and oxygen atoms in total. The van der Waals surface area contributed by atoms with Crippen molar-refractivity contribution in [3.63, 3.8) is 0 Å². The zero-order valence-electron chi connectivity index (χ0n) is 13.2. The first-order valence-electron chi connectivity index (χ1n) is 7.47. The van der Waals surface area contributed by atoms with Gasteiger partial charge in [0.25, 0.3) is 0 Å². The van der Waals surface area contributed by atoms with E-state index in [1.54, 1.807) is 7.11 Å². The Bertz CT molecular complexity index is 453. The van der Waals surface area contributed by atoms with Crippen LogP contribution in [0, 0.1) is 0 Å². The molecule has 118 valence electrons. The van der Waals surface area contributed by atoms with Gasteiger partial charge < -0.3 is 20.5 Å². The van der Waals surface area contributed by atoms with Gasteiger partial charge in [-0.1, -0.05) is 12.1 Å². The number of rotatable bonds is 6. The van der Waals surface area contributed by atoms with Crippen LogP contribution in [0.4, 0.5) is 0 Å². The van der Waals surface area contributed by atoms with Crippen LogP contribution in [0.1, 0.15) is 18.0 Å². The molecular formula is C16H27N3O2. The number of hydrogen-bond acceptors (Lipinski definition) is 5. The second-order valence-corrected chi connectivity index (χ2v) is 6.03. The Morgan fingerprint density at radius 2 is 2.24 bits per heavy atom. The molecule has 1 aliphatic heterocycles. The molecule has 1 aromatic rings. The topological polar surface area (TPSA) is 62.0 Å². The van der Waals surface area contributed by atoms with E-state index in [0.717, 1.165) is 24.3 Å². The van der Waals surface area contributed by atoms with Gasteiger partial charge in [0.2, 0.25) is 0 Å². The number of hydrogen-bond donors (Lipinski definition) is 2. The van der Waals surface area contributed by atoms with Crippen molar-refractivity contribution in [1.29, 1.82) is 0 Å². The number of aliphatic hydroxyl groups excluding tert-OH is 1. The molecule has 2 rings (SSSR count).